The first-order chi connectivity index (χ1) is 13.7. The fourth-order valence-electron chi connectivity index (χ4n) is 3.30. The Morgan fingerprint density at radius 3 is 2.72 bits per heavy atom. The Kier molecular flexibility index (Phi) is 7.28. The maximum absolute atomic E-state index is 4.37. The Morgan fingerprint density at radius 1 is 1.17 bits per heavy atom. The van der Waals surface area contributed by atoms with Crippen LogP contribution in [0.3, 0.4) is 0 Å². The number of aromatic nitrogens is 3. The average Bonchev–Trinajstić information content (AvgIpc) is 3.31. The maximum Gasteiger partial charge on any atom is 0.191 e. The predicted molar refractivity (Wildman–Crippen MR) is 130 cm³/mol. The van der Waals surface area contributed by atoms with E-state index in [4.69, 9.17) is 0 Å². The van der Waals surface area contributed by atoms with Crippen LogP contribution in [-0.4, -0.2) is 34.3 Å². The molecule has 3 aromatic rings. The quantitative estimate of drug-likeness (QED) is 0.268. The molecule has 6 nitrogen and oxygen atoms in total. The van der Waals surface area contributed by atoms with E-state index in [-0.39, 0.29) is 29.4 Å². The number of hydrogen-bond donors (Lipinski definition) is 2. The van der Waals surface area contributed by atoms with Crippen molar-refractivity contribution < 1.29 is 0 Å². The lowest BCUT2D eigenvalue weighted by molar-refractivity contribution is 0.645. The third-order valence-electron chi connectivity index (χ3n) is 5.12. The summed E-state index contributed by atoms with van der Waals surface area (Å²) >= 11 is 3.58. The van der Waals surface area contributed by atoms with E-state index >= 15 is 0 Å². The smallest absolute Gasteiger partial charge is 0.191 e. The first kappa shape index (κ1) is 21.8. The second kappa shape index (κ2) is 9.71. The molecule has 0 spiro atoms. The molecule has 0 amide bonds. The third kappa shape index (κ3) is 5.36. The van der Waals surface area contributed by atoms with Gasteiger partial charge in [0.2, 0.25) is 0 Å². The normalized spacial score (nSPS) is 14.8. The molecule has 0 bridgehead atoms. The van der Waals surface area contributed by atoms with E-state index in [2.05, 4.69) is 65.9 Å². The predicted octanol–water partition coefficient (Wildman–Crippen LogP) is 4.04. The number of aliphatic imine (C=N–C) groups is 1. The molecule has 4 rings (SSSR count). The van der Waals surface area contributed by atoms with Gasteiger partial charge in [-0.15, -0.1) is 24.0 Å². The first-order valence-electron chi connectivity index (χ1n) is 9.34. The van der Waals surface area contributed by atoms with Crippen molar-refractivity contribution in [3.05, 3.63) is 76.7 Å². The molecule has 2 N–H and O–H groups in total. The fourth-order valence-corrected chi connectivity index (χ4v) is 3.70. The lowest BCUT2D eigenvalue weighted by atomic mass is 9.96. The molecule has 2 aromatic heterocycles. The zero-order valence-corrected chi connectivity index (χ0v) is 20.1. The van der Waals surface area contributed by atoms with Crippen molar-refractivity contribution >= 4 is 45.9 Å². The molecule has 0 radical (unpaired) electrons. The Bertz CT molecular complexity index is 969. The van der Waals surface area contributed by atoms with Crippen LogP contribution in [0.15, 0.2) is 70.5 Å². The van der Waals surface area contributed by atoms with Crippen molar-refractivity contribution in [3.63, 3.8) is 0 Å². The molecule has 0 aliphatic heterocycles. The van der Waals surface area contributed by atoms with Crippen LogP contribution in [0.4, 0.5) is 0 Å². The van der Waals surface area contributed by atoms with Gasteiger partial charge in [0.1, 0.15) is 0 Å². The summed E-state index contributed by atoms with van der Waals surface area (Å²) in [5, 5.41) is 11.1. The number of hydrogen-bond acceptors (Lipinski definition) is 3. The van der Waals surface area contributed by atoms with Gasteiger partial charge >= 0.3 is 0 Å². The summed E-state index contributed by atoms with van der Waals surface area (Å²) in [5.41, 5.74) is 2.71. The van der Waals surface area contributed by atoms with Gasteiger partial charge in [0.15, 0.2) is 11.8 Å². The zero-order chi connectivity index (χ0) is 19.4. The standard InChI is InChI=1S/C21H23BrN6.HI/c1-23-20(26-15-21(7-8-21)17-4-2-5-18(22)13-17)25-14-16-6-10-24-19(12-16)28-11-3-9-27-28;/h2-6,9-13H,7-8,14-15H2,1H3,(H2,23,25,26);1H. The summed E-state index contributed by atoms with van der Waals surface area (Å²) in [6.45, 7) is 1.54. The summed E-state index contributed by atoms with van der Waals surface area (Å²) in [5.74, 6) is 1.61. The van der Waals surface area contributed by atoms with Crippen LogP contribution in [0.5, 0.6) is 0 Å². The second-order valence-electron chi connectivity index (χ2n) is 7.04. The molecular weight excluding hydrogens is 543 g/mol. The first-order valence-corrected chi connectivity index (χ1v) is 10.1. The number of guanidine groups is 1. The third-order valence-corrected chi connectivity index (χ3v) is 5.61. The van der Waals surface area contributed by atoms with Crippen molar-refractivity contribution in [3.8, 4) is 5.82 Å². The van der Waals surface area contributed by atoms with Gasteiger partial charge in [0.25, 0.3) is 0 Å². The molecule has 0 saturated heterocycles. The van der Waals surface area contributed by atoms with E-state index in [9.17, 15) is 0 Å². The summed E-state index contributed by atoms with van der Waals surface area (Å²) in [6.07, 6.45) is 7.83. The number of nitrogens with one attached hydrogen (secondary N) is 2. The van der Waals surface area contributed by atoms with Gasteiger partial charge in [-0.2, -0.15) is 5.10 Å². The maximum atomic E-state index is 4.37. The number of pyridine rings is 1. The number of halogens is 2. The molecule has 0 unspecified atom stereocenters. The number of nitrogens with zero attached hydrogens (tertiary/aromatic N) is 4. The molecule has 2 heterocycles. The van der Waals surface area contributed by atoms with Gasteiger partial charge in [-0.1, -0.05) is 28.1 Å². The van der Waals surface area contributed by atoms with Crippen molar-refractivity contribution in [2.45, 2.75) is 24.8 Å². The molecule has 1 saturated carbocycles. The van der Waals surface area contributed by atoms with Crippen LogP contribution in [0, 0.1) is 0 Å². The molecule has 152 valence electrons. The Labute approximate surface area is 196 Å². The minimum atomic E-state index is 0. The lowest BCUT2D eigenvalue weighted by Crippen LogP contribution is -2.40. The number of rotatable bonds is 6. The topological polar surface area (TPSA) is 67.1 Å². The Hall–Kier alpha value is -1.94. The molecule has 1 aliphatic rings. The van der Waals surface area contributed by atoms with E-state index in [1.165, 1.54) is 18.4 Å². The summed E-state index contributed by atoms with van der Waals surface area (Å²) < 4.78 is 2.88. The highest BCUT2D eigenvalue weighted by Gasteiger charge is 2.44. The highest BCUT2D eigenvalue weighted by atomic mass is 127. The SMILES string of the molecule is CN=C(NCc1ccnc(-n2cccn2)c1)NCC1(c2cccc(Br)c2)CC1.I. The molecule has 1 aromatic carbocycles. The van der Waals surface area contributed by atoms with E-state index in [0.717, 1.165) is 28.4 Å². The molecule has 0 atom stereocenters. The van der Waals surface area contributed by atoms with Gasteiger partial charge in [0, 0.05) is 48.6 Å². The van der Waals surface area contributed by atoms with E-state index in [1.54, 1.807) is 24.1 Å². The summed E-state index contributed by atoms with van der Waals surface area (Å²) in [6, 6.07) is 14.5. The fraction of sp³-hybridized carbons (Fsp3) is 0.286. The van der Waals surface area contributed by atoms with Crippen molar-refractivity contribution in [2.75, 3.05) is 13.6 Å². The van der Waals surface area contributed by atoms with E-state index < -0.39 is 0 Å². The number of benzene rings is 1. The van der Waals surface area contributed by atoms with Crippen LogP contribution in [-0.2, 0) is 12.0 Å². The Balaban J connectivity index is 0.00000240. The molecule has 1 fully saturated rings. The summed E-state index contributed by atoms with van der Waals surface area (Å²) in [4.78, 5) is 8.74. The second-order valence-corrected chi connectivity index (χ2v) is 7.96. The van der Waals surface area contributed by atoms with Crippen molar-refractivity contribution in [2.24, 2.45) is 4.99 Å². The van der Waals surface area contributed by atoms with Gasteiger partial charge in [-0.25, -0.2) is 9.67 Å². The van der Waals surface area contributed by atoms with E-state index in [0.29, 0.717) is 6.54 Å². The van der Waals surface area contributed by atoms with Gasteiger partial charge in [-0.05, 0) is 54.3 Å². The average molecular weight is 567 g/mol. The molecule has 29 heavy (non-hydrogen) atoms. The highest BCUT2D eigenvalue weighted by molar-refractivity contribution is 14.0. The summed E-state index contributed by atoms with van der Waals surface area (Å²) in [7, 11) is 1.80. The zero-order valence-electron chi connectivity index (χ0n) is 16.2. The van der Waals surface area contributed by atoms with Crippen LogP contribution in [0.1, 0.15) is 24.0 Å². The highest BCUT2D eigenvalue weighted by Crippen LogP contribution is 2.48. The van der Waals surface area contributed by atoms with Crippen LogP contribution < -0.4 is 10.6 Å². The van der Waals surface area contributed by atoms with Crippen molar-refractivity contribution in [1.29, 1.82) is 0 Å². The van der Waals surface area contributed by atoms with Crippen LogP contribution in [0.25, 0.3) is 5.82 Å². The van der Waals surface area contributed by atoms with Gasteiger partial charge in [0.05, 0.1) is 0 Å². The minimum Gasteiger partial charge on any atom is -0.356 e. The van der Waals surface area contributed by atoms with Gasteiger partial charge in [-0.3, -0.25) is 4.99 Å². The lowest BCUT2D eigenvalue weighted by Gasteiger charge is -2.19. The largest absolute Gasteiger partial charge is 0.356 e. The van der Waals surface area contributed by atoms with Gasteiger partial charge < -0.3 is 10.6 Å². The Morgan fingerprint density at radius 2 is 2.03 bits per heavy atom. The van der Waals surface area contributed by atoms with Crippen LogP contribution >= 0.6 is 39.9 Å². The minimum absolute atomic E-state index is 0. The van der Waals surface area contributed by atoms with Crippen molar-refractivity contribution in [1.82, 2.24) is 25.4 Å². The van der Waals surface area contributed by atoms with E-state index in [1.807, 2.05) is 24.4 Å². The molecular formula is C21H24BrIN6. The molecule has 1 aliphatic carbocycles. The van der Waals surface area contributed by atoms with Crippen LogP contribution in [0.2, 0.25) is 0 Å². The molecule has 8 heteroatoms. The monoisotopic (exact) mass is 566 g/mol.